The van der Waals surface area contributed by atoms with Gasteiger partial charge in [0.2, 0.25) is 17.7 Å². The van der Waals surface area contributed by atoms with Crippen LogP contribution in [0.25, 0.3) is 11.5 Å². The van der Waals surface area contributed by atoms with E-state index in [0.717, 1.165) is 5.56 Å². The van der Waals surface area contributed by atoms with E-state index < -0.39 is 0 Å². The lowest BCUT2D eigenvalue weighted by atomic mass is 10.2. The summed E-state index contributed by atoms with van der Waals surface area (Å²) >= 11 is 0. The van der Waals surface area contributed by atoms with Crippen molar-refractivity contribution in [2.45, 2.75) is 19.9 Å². The van der Waals surface area contributed by atoms with Gasteiger partial charge in [0, 0.05) is 11.3 Å². The van der Waals surface area contributed by atoms with Gasteiger partial charge in [0.15, 0.2) is 0 Å². The average Bonchev–Trinajstić information content (AvgIpc) is 3.44. The van der Waals surface area contributed by atoms with Crippen LogP contribution in [0.5, 0.6) is 0 Å². The van der Waals surface area contributed by atoms with Crippen LogP contribution in [0.1, 0.15) is 17.2 Å². The average molecular weight is 429 g/mol. The topological polar surface area (TPSA) is 88.6 Å². The quantitative estimate of drug-likeness (QED) is 0.447. The zero-order chi connectivity index (χ0) is 22.3. The van der Waals surface area contributed by atoms with Gasteiger partial charge < -0.3 is 19.1 Å². The maximum atomic E-state index is 13.1. The molecule has 4 aromatic rings. The number of carbonyl (C=O) groups is 2. The number of hydrogen-bond donors (Lipinski definition) is 1. The lowest BCUT2D eigenvalue weighted by Crippen LogP contribution is -2.38. The monoisotopic (exact) mass is 429 g/mol. The van der Waals surface area contributed by atoms with Crippen molar-refractivity contribution >= 4 is 17.5 Å². The minimum absolute atomic E-state index is 0.0154. The number of aromatic nitrogens is 1. The predicted molar refractivity (Wildman–Crippen MR) is 120 cm³/mol. The molecule has 4 rings (SSSR count). The summed E-state index contributed by atoms with van der Waals surface area (Å²) < 4.78 is 11.2. The number of hydrogen-bond acceptors (Lipinski definition) is 5. The summed E-state index contributed by atoms with van der Waals surface area (Å²) in [5.74, 6) is 1.08. The first-order chi connectivity index (χ1) is 15.6. The molecule has 7 nitrogen and oxygen atoms in total. The molecule has 32 heavy (non-hydrogen) atoms. The minimum atomic E-state index is -0.294. The summed E-state index contributed by atoms with van der Waals surface area (Å²) in [5, 5.41) is 2.81. The molecule has 2 amide bonds. The first-order valence-corrected chi connectivity index (χ1v) is 10.3. The Bertz CT molecular complexity index is 1170. The van der Waals surface area contributed by atoms with Gasteiger partial charge in [0.1, 0.15) is 18.1 Å². The van der Waals surface area contributed by atoms with Crippen LogP contribution in [0.2, 0.25) is 0 Å². The molecule has 162 valence electrons. The molecule has 0 atom stereocenters. The van der Waals surface area contributed by atoms with Crippen LogP contribution in [-0.4, -0.2) is 28.2 Å². The molecule has 0 aliphatic heterocycles. The van der Waals surface area contributed by atoms with Crippen molar-refractivity contribution in [1.82, 2.24) is 9.88 Å². The highest BCUT2D eigenvalue weighted by molar-refractivity contribution is 5.94. The summed E-state index contributed by atoms with van der Waals surface area (Å²) in [6.45, 7) is 1.84. The number of nitrogens with one attached hydrogen (secondary N) is 1. The van der Waals surface area contributed by atoms with E-state index in [2.05, 4.69) is 10.3 Å². The Balaban J connectivity index is 1.49. The Kier molecular flexibility index (Phi) is 6.46. The second-order valence-corrected chi connectivity index (χ2v) is 7.31. The van der Waals surface area contributed by atoms with Crippen LogP contribution >= 0.6 is 0 Å². The van der Waals surface area contributed by atoms with E-state index in [4.69, 9.17) is 8.83 Å². The molecular formula is C25H23N3O4. The zero-order valence-corrected chi connectivity index (χ0v) is 17.7. The van der Waals surface area contributed by atoms with Gasteiger partial charge in [-0.15, -0.1) is 0 Å². The van der Waals surface area contributed by atoms with Crippen molar-refractivity contribution in [3.8, 4) is 11.5 Å². The lowest BCUT2D eigenvalue weighted by Gasteiger charge is -2.21. The molecule has 0 spiro atoms. The Morgan fingerprint density at radius 1 is 0.969 bits per heavy atom. The van der Waals surface area contributed by atoms with Crippen molar-refractivity contribution in [3.63, 3.8) is 0 Å². The van der Waals surface area contributed by atoms with E-state index in [1.807, 2.05) is 48.5 Å². The Hall–Kier alpha value is -4.13. The minimum Gasteiger partial charge on any atom is -0.467 e. The summed E-state index contributed by atoms with van der Waals surface area (Å²) in [4.78, 5) is 31.7. The number of aryl methyl sites for hydroxylation is 1. The van der Waals surface area contributed by atoms with Gasteiger partial charge in [0.05, 0.1) is 24.9 Å². The Labute approximate surface area is 185 Å². The molecule has 2 heterocycles. The molecule has 0 bridgehead atoms. The molecule has 2 aromatic carbocycles. The van der Waals surface area contributed by atoms with E-state index in [0.29, 0.717) is 28.8 Å². The van der Waals surface area contributed by atoms with Gasteiger partial charge in [-0.2, -0.15) is 0 Å². The van der Waals surface area contributed by atoms with Crippen LogP contribution in [0.3, 0.4) is 0 Å². The molecule has 2 aromatic heterocycles. The standard InChI is InChI=1S/C25H23N3O4/c1-18-22(27-25(32-18)19-9-4-2-5-10-19)15-24(30)28(16-21-13-8-14-31-21)17-23(29)26-20-11-6-3-7-12-20/h2-14H,15-17H2,1H3,(H,26,29). The molecule has 0 saturated carbocycles. The molecule has 0 saturated heterocycles. The van der Waals surface area contributed by atoms with Crippen LogP contribution in [0.15, 0.2) is 87.9 Å². The van der Waals surface area contributed by atoms with Gasteiger partial charge in [-0.1, -0.05) is 36.4 Å². The molecule has 1 N–H and O–H groups in total. The van der Waals surface area contributed by atoms with Crippen molar-refractivity contribution in [2.75, 3.05) is 11.9 Å². The normalized spacial score (nSPS) is 10.7. The van der Waals surface area contributed by atoms with Gasteiger partial charge in [0.25, 0.3) is 0 Å². The van der Waals surface area contributed by atoms with Gasteiger partial charge in [-0.05, 0) is 43.3 Å². The third-order valence-electron chi connectivity index (χ3n) is 4.90. The first-order valence-electron chi connectivity index (χ1n) is 10.3. The van der Waals surface area contributed by atoms with Gasteiger partial charge in [-0.25, -0.2) is 4.98 Å². The number of furan rings is 1. The third-order valence-corrected chi connectivity index (χ3v) is 4.90. The largest absolute Gasteiger partial charge is 0.467 e. The molecule has 0 fully saturated rings. The number of rotatable bonds is 8. The van der Waals surface area contributed by atoms with Gasteiger partial charge >= 0.3 is 0 Å². The Morgan fingerprint density at radius 3 is 2.38 bits per heavy atom. The fourth-order valence-electron chi connectivity index (χ4n) is 3.27. The lowest BCUT2D eigenvalue weighted by molar-refractivity contribution is -0.135. The smallest absolute Gasteiger partial charge is 0.244 e. The Morgan fingerprint density at radius 2 is 1.69 bits per heavy atom. The molecule has 0 radical (unpaired) electrons. The predicted octanol–water partition coefficient (Wildman–Crippen LogP) is 4.45. The number of oxazole rings is 1. The maximum Gasteiger partial charge on any atom is 0.244 e. The number of carbonyl (C=O) groups excluding carboxylic acids is 2. The SMILES string of the molecule is Cc1oc(-c2ccccc2)nc1CC(=O)N(CC(=O)Nc1ccccc1)Cc1ccco1. The summed E-state index contributed by atoms with van der Waals surface area (Å²) in [5.41, 5.74) is 2.05. The fourth-order valence-corrected chi connectivity index (χ4v) is 3.27. The van der Waals surface area contributed by atoms with Crippen molar-refractivity contribution < 1.29 is 18.4 Å². The number of anilines is 1. The summed E-state index contributed by atoms with van der Waals surface area (Å²) in [7, 11) is 0. The van der Waals surface area contributed by atoms with Crippen molar-refractivity contribution in [3.05, 3.63) is 96.3 Å². The molecule has 7 heteroatoms. The second kappa shape index (κ2) is 9.78. The van der Waals surface area contributed by atoms with Crippen LogP contribution in [0, 0.1) is 6.92 Å². The molecule has 0 unspecified atom stereocenters. The van der Waals surface area contributed by atoms with E-state index in [1.54, 1.807) is 31.2 Å². The molecule has 0 aliphatic carbocycles. The van der Waals surface area contributed by atoms with Crippen LogP contribution in [-0.2, 0) is 22.6 Å². The highest BCUT2D eigenvalue weighted by Crippen LogP contribution is 2.22. The van der Waals surface area contributed by atoms with Crippen LogP contribution in [0.4, 0.5) is 5.69 Å². The maximum absolute atomic E-state index is 13.1. The first kappa shape index (κ1) is 21.1. The van der Waals surface area contributed by atoms with Crippen LogP contribution < -0.4 is 5.32 Å². The fraction of sp³-hybridized carbons (Fsp3) is 0.160. The van der Waals surface area contributed by atoms with E-state index in [9.17, 15) is 9.59 Å². The van der Waals surface area contributed by atoms with Gasteiger partial charge in [-0.3, -0.25) is 9.59 Å². The molecule has 0 aliphatic rings. The molecular weight excluding hydrogens is 406 g/mol. The van der Waals surface area contributed by atoms with E-state index in [1.165, 1.54) is 11.2 Å². The number of amides is 2. The van der Waals surface area contributed by atoms with E-state index in [-0.39, 0.29) is 31.3 Å². The third kappa shape index (κ3) is 5.31. The summed E-state index contributed by atoms with van der Waals surface area (Å²) in [6, 6.07) is 22.1. The zero-order valence-electron chi connectivity index (χ0n) is 17.7. The summed E-state index contributed by atoms with van der Waals surface area (Å²) in [6.07, 6.45) is 1.55. The number of nitrogens with zero attached hydrogens (tertiary/aromatic N) is 2. The van der Waals surface area contributed by atoms with Crippen molar-refractivity contribution in [2.24, 2.45) is 0 Å². The van der Waals surface area contributed by atoms with Crippen molar-refractivity contribution in [1.29, 1.82) is 0 Å². The highest BCUT2D eigenvalue weighted by Gasteiger charge is 2.22. The number of para-hydroxylation sites is 1. The number of benzene rings is 2. The second-order valence-electron chi connectivity index (χ2n) is 7.31. The van der Waals surface area contributed by atoms with E-state index >= 15 is 0 Å². The highest BCUT2D eigenvalue weighted by atomic mass is 16.4.